The van der Waals surface area contributed by atoms with Crippen molar-refractivity contribution < 1.29 is 30.2 Å². The fourth-order valence-electron chi connectivity index (χ4n) is 0. The van der Waals surface area contributed by atoms with Gasteiger partial charge in [-0.3, -0.25) is 0 Å². The molecule has 0 spiro atoms. The molecule has 0 saturated heterocycles. The number of hydrogen-bond acceptors (Lipinski definition) is 1. The van der Waals surface area contributed by atoms with Gasteiger partial charge in [-0.15, -0.1) is 0 Å². The summed E-state index contributed by atoms with van der Waals surface area (Å²) >= 11 is 0. The number of rotatable bonds is 0. The van der Waals surface area contributed by atoms with Gasteiger partial charge in [-0.2, -0.15) is 0 Å². The monoisotopic (exact) mass is 214 g/mol. The molecule has 0 fully saturated rings. The van der Waals surface area contributed by atoms with Gasteiger partial charge in [0.05, 0.1) is 0 Å². The van der Waals surface area contributed by atoms with Crippen molar-refractivity contribution in [1.29, 1.82) is 0 Å². The van der Waals surface area contributed by atoms with Crippen LogP contribution in [0, 0.1) is 0 Å². The second kappa shape index (κ2) is 13.2. The molecule has 0 aromatic carbocycles. The van der Waals surface area contributed by atoms with E-state index in [1.165, 1.54) is 0 Å². The van der Waals surface area contributed by atoms with Gasteiger partial charge < -0.3 is 25.6 Å². The van der Waals surface area contributed by atoms with Gasteiger partial charge in [-0.25, -0.2) is 4.57 Å². The van der Waals surface area contributed by atoms with Crippen LogP contribution in [-0.2, 0) is 4.57 Å². The minimum Gasteiger partial charge on any atom is -0.412 e. The van der Waals surface area contributed by atoms with E-state index in [-0.39, 0.29) is 86.4 Å². The SMILES string of the molecule is O.O.O=P(O)(O)O.[Ca].[Ca]. The van der Waals surface area contributed by atoms with Crippen LogP contribution in [0.1, 0.15) is 0 Å². The fraction of sp³-hybridized carbons (Fsp3) is 0. The van der Waals surface area contributed by atoms with Crippen LogP contribution in [0.3, 0.4) is 0 Å². The molecule has 0 bridgehead atoms. The maximum Gasteiger partial charge on any atom is 0.466 e. The Morgan fingerprint density at radius 1 is 0.889 bits per heavy atom. The molecule has 0 aliphatic heterocycles. The summed E-state index contributed by atoms with van der Waals surface area (Å²) in [5.74, 6) is 0. The first kappa shape index (κ1) is 30.0. The maximum absolute atomic E-state index is 8.88. The molecule has 0 unspecified atom stereocenters. The summed E-state index contributed by atoms with van der Waals surface area (Å²) in [5, 5.41) is 0. The van der Waals surface area contributed by atoms with Gasteiger partial charge in [0.2, 0.25) is 0 Å². The second-order valence-corrected chi connectivity index (χ2v) is 1.54. The quantitative estimate of drug-likeness (QED) is 0.286. The molecule has 0 amide bonds. The topological polar surface area (TPSA) is 141 Å². The van der Waals surface area contributed by atoms with Crippen LogP contribution in [-0.4, -0.2) is 101 Å². The third-order valence-corrected chi connectivity index (χ3v) is 0. The Hall–Kier alpha value is 2.55. The van der Waals surface area contributed by atoms with Gasteiger partial charge in [0.25, 0.3) is 0 Å². The van der Waals surface area contributed by atoms with E-state index in [4.69, 9.17) is 19.2 Å². The summed E-state index contributed by atoms with van der Waals surface area (Å²) in [7, 11) is -4.64. The molecular weight excluding hydrogens is 207 g/mol. The molecular formula is H7Ca2O6P. The zero-order chi connectivity index (χ0) is 4.50. The Balaban J connectivity index is -0.0000000133. The van der Waals surface area contributed by atoms with E-state index in [1.807, 2.05) is 0 Å². The average molecular weight is 214 g/mol. The molecule has 0 atom stereocenters. The number of phosphoric acid groups is 1. The molecule has 4 radical (unpaired) electrons. The van der Waals surface area contributed by atoms with Gasteiger partial charge in [0.15, 0.2) is 0 Å². The van der Waals surface area contributed by atoms with E-state index in [9.17, 15) is 0 Å². The Morgan fingerprint density at radius 3 is 0.889 bits per heavy atom. The van der Waals surface area contributed by atoms with E-state index in [1.54, 1.807) is 0 Å². The van der Waals surface area contributed by atoms with Crippen molar-refractivity contribution in [1.82, 2.24) is 0 Å². The minimum absolute atomic E-state index is 0. The molecule has 9 heavy (non-hydrogen) atoms. The molecule has 0 saturated carbocycles. The normalized spacial score (nSPS) is 6.56. The fourth-order valence-corrected chi connectivity index (χ4v) is 0. The smallest absolute Gasteiger partial charge is 0.412 e. The second-order valence-electron chi connectivity index (χ2n) is 0.513. The van der Waals surface area contributed by atoms with E-state index in [0.29, 0.717) is 0 Å². The predicted octanol–water partition coefficient (Wildman–Crippen LogP) is -3.34. The predicted molar refractivity (Wildman–Crippen MR) is 33.0 cm³/mol. The van der Waals surface area contributed by atoms with Crippen LogP contribution >= 0.6 is 7.82 Å². The summed E-state index contributed by atoms with van der Waals surface area (Å²) in [6.45, 7) is 0. The van der Waals surface area contributed by atoms with Gasteiger partial charge in [-0.05, 0) is 0 Å². The first-order chi connectivity index (χ1) is 2.00. The van der Waals surface area contributed by atoms with Crippen LogP contribution in [0.25, 0.3) is 0 Å². The zero-order valence-corrected chi connectivity index (χ0v) is 9.92. The van der Waals surface area contributed by atoms with Crippen LogP contribution < -0.4 is 0 Å². The third kappa shape index (κ3) is 119. The third-order valence-electron chi connectivity index (χ3n) is 0. The summed E-state index contributed by atoms with van der Waals surface area (Å²) in [6, 6.07) is 0. The van der Waals surface area contributed by atoms with Crippen molar-refractivity contribution in [2.75, 3.05) is 0 Å². The molecule has 6 nitrogen and oxygen atoms in total. The van der Waals surface area contributed by atoms with Crippen molar-refractivity contribution >= 4 is 83.3 Å². The van der Waals surface area contributed by atoms with Crippen LogP contribution in [0.5, 0.6) is 0 Å². The maximum atomic E-state index is 8.88. The summed E-state index contributed by atoms with van der Waals surface area (Å²) < 4.78 is 8.88. The van der Waals surface area contributed by atoms with Gasteiger partial charge in [0, 0.05) is 75.5 Å². The van der Waals surface area contributed by atoms with Crippen molar-refractivity contribution in [2.24, 2.45) is 0 Å². The standard InChI is InChI=1S/2Ca.H3O4P.2H2O/c;;1-5(2,3)4;;/h;;(H3,1,2,3,4);2*1H2. The molecule has 0 aromatic heterocycles. The van der Waals surface area contributed by atoms with E-state index < -0.39 is 7.82 Å². The molecule has 0 aromatic rings. The van der Waals surface area contributed by atoms with Crippen LogP contribution in [0.15, 0.2) is 0 Å². The molecule has 0 heterocycles. The summed E-state index contributed by atoms with van der Waals surface area (Å²) in [6.07, 6.45) is 0. The first-order valence-corrected chi connectivity index (χ1v) is 2.35. The Bertz CT molecular complexity index is 57.2. The number of hydrogen-bond donors (Lipinski definition) is 3. The van der Waals surface area contributed by atoms with Crippen molar-refractivity contribution in [3.63, 3.8) is 0 Å². The Labute approximate surface area is 111 Å². The first-order valence-electron chi connectivity index (χ1n) is 0.783. The van der Waals surface area contributed by atoms with Gasteiger partial charge in [-0.1, -0.05) is 0 Å². The van der Waals surface area contributed by atoms with Crippen LogP contribution in [0.2, 0.25) is 0 Å². The molecule has 52 valence electrons. The zero-order valence-electron chi connectivity index (χ0n) is 4.61. The van der Waals surface area contributed by atoms with Crippen molar-refractivity contribution in [3.05, 3.63) is 0 Å². The van der Waals surface area contributed by atoms with Crippen LogP contribution in [0.4, 0.5) is 0 Å². The van der Waals surface area contributed by atoms with Crippen molar-refractivity contribution in [2.45, 2.75) is 0 Å². The molecule has 7 N–H and O–H groups in total. The van der Waals surface area contributed by atoms with E-state index in [2.05, 4.69) is 0 Å². The largest absolute Gasteiger partial charge is 0.466 e. The van der Waals surface area contributed by atoms with Gasteiger partial charge >= 0.3 is 7.82 Å². The average Bonchev–Trinajstić information content (AvgIpc) is 0.722. The molecule has 0 aliphatic rings. The Kier molecular flexibility index (Phi) is 43.8. The summed E-state index contributed by atoms with van der Waals surface area (Å²) in [5.41, 5.74) is 0. The Morgan fingerprint density at radius 2 is 0.889 bits per heavy atom. The minimum atomic E-state index is -4.64. The van der Waals surface area contributed by atoms with Crippen molar-refractivity contribution in [3.8, 4) is 0 Å². The van der Waals surface area contributed by atoms with Gasteiger partial charge in [0.1, 0.15) is 0 Å². The summed E-state index contributed by atoms with van der Waals surface area (Å²) in [4.78, 5) is 21.6. The van der Waals surface area contributed by atoms with E-state index in [0.717, 1.165) is 0 Å². The molecule has 0 aliphatic carbocycles. The molecule has 0 rings (SSSR count). The van der Waals surface area contributed by atoms with E-state index >= 15 is 0 Å². The molecule has 9 heteroatoms.